The van der Waals surface area contributed by atoms with E-state index in [1.807, 2.05) is 23.1 Å². The molecule has 4 aromatic rings. The van der Waals surface area contributed by atoms with Crippen LogP contribution in [0.1, 0.15) is 36.0 Å². The SMILES string of the molecule is CN(c1ccc2cc(-c3nc4cc(C(=O)N5CCC[C@@H](N)C5)cc5c4n3CCO5)n(CC3CC3)c2n1)S(C)(=O)=O. The van der Waals surface area contributed by atoms with Crippen LogP contribution in [0.3, 0.4) is 0 Å². The molecular formula is C28H33N7O4S. The third kappa shape index (κ3) is 4.29. The number of carbonyl (C=O) groups is 1. The Morgan fingerprint density at radius 3 is 2.73 bits per heavy atom. The van der Waals surface area contributed by atoms with Gasteiger partial charge in [-0.05, 0) is 61.9 Å². The number of likely N-dealkylation sites (tertiary alicyclic amines) is 1. The molecule has 40 heavy (non-hydrogen) atoms. The maximum absolute atomic E-state index is 13.4. The molecule has 12 heteroatoms. The predicted octanol–water partition coefficient (Wildman–Crippen LogP) is 2.81. The summed E-state index contributed by atoms with van der Waals surface area (Å²) in [6, 6.07) is 9.43. The highest BCUT2D eigenvalue weighted by Crippen LogP contribution is 2.39. The van der Waals surface area contributed by atoms with Crippen LogP contribution in [0.4, 0.5) is 5.82 Å². The van der Waals surface area contributed by atoms with E-state index in [0.717, 1.165) is 60.3 Å². The van der Waals surface area contributed by atoms with Crippen molar-refractivity contribution in [3.05, 3.63) is 35.9 Å². The zero-order valence-electron chi connectivity index (χ0n) is 22.7. The summed E-state index contributed by atoms with van der Waals surface area (Å²) in [6.45, 7) is 3.14. The fourth-order valence-corrected chi connectivity index (χ4v) is 6.33. The summed E-state index contributed by atoms with van der Waals surface area (Å²) in [7, 11) is -1.93. The van der Waals surface area contributed by atoms with Crippen molar-refractivity contribution >= 4 is 43.8 Å². The summed E-state index contributed by atoms with van der Waals surface area (Å²) >= 11 is 0. The molecule has 2 fully saturated rings. The highest BCUT2D eigenvalue weighted by molar-refractivity contribution is 7.92. The molecule has 7 rings (SSSR count). The minimum Gasteiger partial charge on any atom is -0.489 e. The lowest BCUT2D eigenvalue weighted by atomic mass is 10.0. The molecule has 1 aliphatic carbocycles. The molecule has 0 spiro atoms. The number of piperidine rings is 1. The van der Waals surface area contributed by atoms with Crippen LogP contribution in [0.5, 0.6) is 5.75 Å². The van der Waals surface area contributed by atoms with E-state index in [-0.39, 0.29) is 11.9 Å². The van der Waals surface area contributed by atoms with Crippen LogP contribution >= 0.6 is 0 Å². The summed E-state index contributed by atoms with van der Waals surface area (Å²) in [4.78, 5) is 25.1. The molecule has 210 valence electrons. The van der Waals surface area contributed by atoms with E-state index in [2.05, 4.69) is 15.2 Å². The van der Waals surface area contributed by atoms with Gasteiger partial charge in [0.15, 0.2) is 5.82 Å². The van der Waals surface area contributed by atoms with Crippen LogP contribution in [0, 0.1) is 5.92 Å². The lowest BCUT2D eigenvalue weighted by Gasteiger charge is -2.31. The van der Waals surface area contributed by atoms with Gasteiger partial charge in [0.1, 0.15) is 29.3 Å². The van der Waals surface area contributed by atoms with Crippen LogP contribution in [0.2, 0.25) is 0 Å². The summed E-state index contributed by atoms with van der Waals surface area (Å²) in [6.07, 6.45) is 5.32. The van der Waals surface area contributed by atoms with Crippen LogP contribution in [-0.2, 0) is 23.1 Å². The number of carbonyl (C=O) groups excluding carboxylic acids is 1. The molecule has 11 nitrogen and oxygen atoms in total. The first-order valence-electron chi connectivity index (χ1n) is 13.8. The molecule has 2 aliphatic heterocycles. The molecule has 5 heterocycles. The third-order valence-electron chi connectivity index (χ3n) is 8.29. The molecule has 0 unspecified atom stereocenters. The summed E-state index contributed by atoms with van der Waals surface area (Å²) in [5.41, 5.74) is 9.95. The number of sulfonamides is 1. The number of pyridine rings is 1. The summed E-state index contributed by atoms with van der Waals surface area (Å²) in [5.74, 6) is 2.33. The largest absolute Gasteiger partial charge is 0.489 e. The molecule has 0 bridgehead atoms. The lowest BCUT2D eigenvalue weighted by Crippen LogP contribution is -2.45. The maximum Gasteiger partial charge on any atom is 0.254 e. The number of ether oxygens (including phenoxy) is 1. The van der Waals surface area contributed by atoms with Gasteiger partial charge in [0, 0.05) is 43.7 Å². The number of aromatic nitrogens is 4. The van der Waals surface area contributed by atoms with Crippen LogP contribution in [0.15, 0.2) is 30.3 Å². The standard InChI is InChI=1S/C28H33N7O4S/c1-32(40(2,37)38)24-8-7-18-13-22(35(26(18)31-24)15-17-5-6-17)27-30-21-12-19(14-23-25(21)34(27)10-11-39-23)28(36)33-9-3-4-20(29)16-33/h7-8,12-14,17,20H,3-6,9-11,15-16,29H2,1-2H3/t20-/m1/s1. The Bertz CT molecular complexity index is 1770. The second-order valence-electron chi connectivity index (χ2n) is 11.3. The van der Waals surface area contributed by atoms with Gasteiger partial charge < -0.3 is 24.5 Å². The first kappa shape index (κ1) is 25.3. The number of anilines is 1. The molecule has 1 amide bonds. The molecule has 3 aliphatic rings. The highest BCUT2D eigenvalue weighted by Gasteiger charge is 2.30. The fourth-order valence-electron chi connectivity index (χ4n) is 5.89. The first-order chi connectivity index (χ1) is 19.2. The Hall–Kier alpha value is -3.64. The molecule has 0 radical (unpaired) electrons. The van der Waals surface area contributed by atoms with Crippen molar-refractivity contribution in [1.29, 1.82) is 0 Å². The number of hydrogen-bond donors (Lipinski definition) is 1. The summed E-state index contributed by atoms with van der Waals surface area (Å²) in [5, 5.41) is 0.922. The van der Waals surface area contributed by atoms with Crippen molar-refractivity contribution in [1.82, 2.24) is 24.0 Å². The summed E-state index contributed by atoms with van der Waals surface area (Å²) < 4.78 is 36.0. The molecule has 1 saturated heterocycles. The smallest absolute Gasteiger partial charge is 0.254 e. The fraction of sp³-hybridized carbons (Fsp3) is 0.464. The van der Waals surface area contributed by atoms with E-state index < -0.39 is 10.0 Å². The monoisotopic (exact) mass is 563 g/mol. The predicted molar refractivity (Wildman–Crippen MR) is 153 cm³/mol. The molecular weight excluding hydrogens is 530 g/mol. The first-order valence-corrected chi connectivity index (χ1v) is 15.7. The van der Waals surface area contributed by atoms with Gasteiger partial charge in [0.2, 0.25) is 10.0 Å². The average Bonchev–Trinajstić information content (AvgIpc) is 3.58. The van der Waals surface area contributed by atoms with Gasteiger partial charge in [0.25, 0.3) is 5.91 Å². The average molecular weight is 564 g/mol. The number of benzene rings is 1. The second kappa shape index (κ2) is 9.20. The van der Waals surface area contributed by atoms with E-state index in [4.69, 9.17) is 20.4 Å². The van der Waals surface area contributed by atoms with Gasteiger partial charge in [-0.15, -0.1) is 0 Å². The van der Waals surface area contributed by atoms with Gasteiger partial charge in [-0.25, -0.2) is 18.4 Å². The highest BCUT2D eigenvalue weighted by atomic mass is 32.2. The number of hydrogen-bond acceptors (Lipinski definition) is 7. The van der Waals surface area contributed by atoms with Gasteiger partial charge in [-0.2, -0.15) is 0 Å². The van der Waals surface area contributed by atoms with Gasteiger partial charge in [-0.1, -0.05) is 0 Å². The van der Waals surface area contributed by atoms with Crippen molar-refractivity contribution in [3.63, 3.8) is 0 Å². The molecule has 1 saturated carbocycles. The molecule has 2 N–H and O–H groups in total. The Balaban J connectivity index is 1.36. The van der Waals surface area contributed by atoms with Crippen molar-refractivity contribution in [2.75, 3.05) is 37.3 Å². The zero-order chi connectivity index (χ0) is 27.8. The Kier molecular flexibility index (Phi) is 5.83. The number of fused-ring (bicyclic) bond motifs is 1. The zero-order valence-corrected chi connectivity index (χ0v) is 23.5. The number of nitrogens with two attached hydrogens (primary N) is 1. The normalized spacial score (nSPS) is 19.3. The minimum absolute atomic E-state index is 0.00146. The topological polar surface area (TPSA) is 129 Å². The Morgan fingerprint density at radius 2 is 1.98 bits per heavy atom. The van der Waals surface area contributed by atoms with E-state index in [9.17, 15) is 13.2 Å². The molecule has 1 aromatic carbocycles. The van der Waals surface area contributed by atoms with E-state index in [1.165, 1.54) is 17.6 Å². The van der Waals surface area contributed by atoms with Crippen LogP contribution in [-0.4, -0.2) is 77.4 Å². The van der Waals surface area contributed by atoms with E-state index in [1.54, 1.807) is 6.07 Å². The van der Waals surface area contributed by atoms with Crippen molar-refractivity contribution in [2.24, 2.45) is 11.7 Å². The van der Waals surface area contributed by atoms with E-state index >= 15 is 0 Å². The maximum atomic E-state index is 13.4. The number of nitrogens with zero attached hydrogens (tertiary/aromatic N) is 6. The van der Waals surface area contributed by atoms with Gasteiger partial charge in [-0.3, -0.25) is 9.10 Å². The van der Waals surface area contributed by atoms with Gasteiger partial charge in [0.05, 0.1) is 24.0 Å². The Morgan fingerprint density at radius 1 is 1.15 bits per heavy atom. The third-order valence-corrected chi connectivity index (χ3v) is 9.47. The van der Waals surface area contributed by atoms with Crippen molar-refractivity contribution < 1.29 is 17.9 Å². The number of amides is 1. The van der Waals surface area contributed by atoms with E-state index in [0.29, 0.717) is 54.8 Å². The quantitative estimate of drug-likeness (QED) is 0.382. The molecule has 3 aromatic heterocycles. The van der Waals surface area contributed by atoms with Crippen LogP contribution < -0.4 is 14.8 Å². The Labute approximate surface area is 232 Å². The van der Waals surface area contributed by atoms with Crippen LogP contribution in [0.25, 0.3) is 33.6 Å². The van der Waals surface area contributed by atoms with Gasteiger partial charge >= 0.3 is 0 Å². The lowest BCUT2D eigenvalue weighted by molar-refractivity contribution is 0.0708. The molecule has 1 atom stereocenters. The van der Waals surface area contributed by atoms with Crippen molar-refractivity contribution in [3.8, 4) is 17.3 Å². The second-order valence-corrected chi connectivity index (χ2v) is 13.3. The minimum atomic E-state index is -3.45. The number of rotatable bonds is 6. The van der Waals surface area contributed by atoms with Crippen molar-refractivity contribution in [2.45, 2.75) is 44.8 Å². The number of imidazole rings is 1.